The van der Waals surface area contributed by atoms with Crippen molar-refractivity contribution in [2.24, 2.45) is 5.10 Å². The maximum Gasteiger partial charge on any atom is 0.294 e. The molecule has 0 aliphatic carbocycles. The van der Waals surface area contributed by atoms with Gasteiger partial charge in [-0.05, 0) is 17.7 Å². The van der Waals surface area contributed by atoms with Crippen molar-refractivity contribution in [3.63, 3.8) is 0 Å². The number of hydrogen-bond donors (Lipinski definition) is 1. The van der Waals surface area contributed by atoms with Crippen molar-refractivity contribution in [1.82, 2.24) is 9.99 Å². The van der Waals surface area contributed by atoms with E-state index < -0.39 is 24.0 Å². The molecule has 1 aliphatic heterocycles. The van der Waals surface area contributed by atoms with E-state index in [1.54, 1.807) is 30.3 Å². The molecule has 1 N–H and O–H groups in total. The summed E-state index contributed by atoms with van der Waals surface area (Å²) in [5, 5.41) is 15.1. The summed E-state index contributed by atoms with van der Waals surface area (Å²) in [5.74, 6) is -4.37. The lowest BCUT2D eigenvalue weighted by atomic mass is 9.96. The fourth-order valence-electron chi connectivity index (χ4n) is 2.51. The van der Waals surface area contributed by atoms with Gasteiger partial charge >= 0.3 is 0 Å². The monoisotopic (exact) mass is 331 g/mol. The minimum Gasteiger partial charge on any atom is -0.364 e. The Kier molecular flexibility index (Phi) is 3.88. The summed E-state index contributed by atoms with van der Waals surface area (Å²) in [6, 6.07) is 11.4. The van der Waals surface area contributed by atoms with Crippen LogP contribution in [0.3, 0.4) is 0 Å². The van der Waals surface area contributed by atoms with E-state index >= 15 is 0 Å². The number of amides is 1. The molecular formula is C17H15F2N3O2. The zero-order chi connectivity index (χ0) is 17.4. The summed E-state index contributed by atoms with van der Waals surface area (Å²) in [6.45, 7) is 0.573. The van der Waals surface area contributed by atoms with Crippen molar-refractivity contribution in [3.8, 4) is 0 Å². The Hall–Kier alpha value is -2.67. The first kappa shape index (κ1) is 16.2. The van der Waals surface area contributed by atoms with Gasteiger partial charge in [0.15, 0.2) is 0 Å². The zero-order valence-corrected chi connectivity index (χ0v) is 12.9. The fraction of sp³-hybridized carbons (Fsp3) is 0.235. The second-order valence-corrected chi connectivity index (χ2v) is 5.65. The van der Waals surface area contributed by atoms with Crippen LogP contribution >= 0.6 is 0 Å². The summed E-state index contributed by atoms with van der Waals surface area (Å²) < 4.78 is 28.2. The predicted octanol–water partition coefficient (Wildman–Crippen LogP) is 2.68. The number of halogens is 2. The number of pyridine rings is 1. The third-order valence-corrected chi connectivity index (χ3v) is 3.91. The van der Waals surface area contributed by atoms with Gasteiger partial charge in [-0.15, -0.1) is 0 Å². The third kappa shape index (κ3) is 2.67. The number of alkyl halides is 2. The second-order valence-electron chi connectivity index (χ2n) is 5.65. The molecule has 1 aromatic carbocycles. The zero-order valence-electron chi connectivity index (χ0n) is 12.9. The molecule has 0 radical (unpaired) electrons. The van der Waals surface area contributed by atoms with Crippen LogP contribution in [0, 0.1) is 0 Å². The minimum atomic E-state index is -3.56. The molecule has 5 nitrogen and oxygen atoms in total. The molecule has 2 heterocycles. The van der Waals surface area contributed by atoms with Crippen LogP contribution in [-0.4, -0.2) is 38.4 Å². The molecule has 124 valence electrons. The molecule has 3 rings (SSSR count). The number of rotatable bonds is 3. The Morgan fingerprint density at radius 3 is 2.42 bits per heavy atom. The Balaban J connectivity index is 2.05. The minimum absolute atomic E-state index is 0.116. The lowest BCUT2D eigenvalue weighted by molar-refractivity contribution is -0.222. The molecule has 2 aromatic rings. The molecule has 0 spiro atoms. The van der Waals surface area contributed by atoms with E-state index in [4.69, 9.17) is 0 Å². The smallest absolute Gasteiger partial charge is 0.294 e. The van der Waals surface area contributed by atoms with E-state index in [-0.39, 0.29) is 11.3 Å². The average Bonchev–Trinajstić information content (AvgIpc) is 2.95. The Bertz CT molecular complexity index is 775. The van der Waals surface area contributed by atoms with E-state index in [0.29, 0.717) is 17.5 Å². The van der Waals surface area contributed by atoms with Gasteiger partial charge in [0.25, 0.3) is 11.8 Å². The predicted molar refractivity (Wildman–Crippen MR) is 83.6 cm³/mol. The van der Waals surface area contributed by atoms with Crippen molar-refractivity contribution in [1.29, 1.82) is 0 Å². The molecule has 7 heteroatoms. The van der Waals surface area contributed by atoms with Crippen LogP contribution in [0.15, 0.2) is 60.0 Å². The largest absolute Gasteiger partial charge is 0.364 e. The van der Waals surface area contributed by atoms with Gasteiger partial charge in [0.2, 0.25) is 5.72 Å². The highest BCUT2D eigenvalue weighted by molar-refractivity contribution is 6.05. The normalized spacial score (nSPS) is 20.8. The summed E-state index contributed by atoms with van der Waals surface area (Å²) in [7, 11) is 0. The number of carbonyl (C=O) groups excluding carboxylic acids is 1. The van der Waals surface area contributed by atoms with E-state index in [0.717, 1.165) is 0 Å². The SMILES string of the molecule is CC(F)(F)[C@@]1(O)CC(c2ccccc2)=NN1C(=O)c1ccncc1. The number of hydrazone groups is 1. The van der Waals surface area contributed by atoms with Gasteiger partial charge in [0.05, 0.1) is 5.71 Å². The van der Waals surface area contributed by atoms with Gasteiger partial charge in [0, 0.05) is 31.3 Å². The van der Waals surface area contributed by atoms with Crippen LogP contribution in [0.2, 0.25) is 0 Å². The number of carbonyl (C=O) groups is 1. The van der Waals surface area contributed by atoms with Crippen LogP contribution in [-0.2, 0) is 0 Å². The molecule has 0 bridgehead atoms. The van der Waals surface area contributed by atoms with E-state index in [1.807, 2.05) is 0 Å². The topological polar surface area (TPSA) is 65.8 Å². The van der Waals surface area contributed by atoms with Crippen molar-refractivity contribution >= 4 is 11.6 Å². The first-order chi connectivity index (χ1) is 11.3. The molecule has 1 amide bonds. The van der Waals surface area contributed by atoms with Crippen LogP contribution in [0.5, 0.6) is 0 Å². The van der Waals surface area contributed by atoms with Gasteiger partial charge in [-0.1, -0.05) is 30.3 Å². The second kappa shape index (κ2) is 5.76. The van der Waals surface area contributed by atoms with E-state index in [9.17, 15) is 18.7 Å². The summed E-state index contributed by atoms with van der Waals surface area (Å²) >= 11 is 0. The molecule has 24 heavy (non-hydrogen) atoms. The Morgan fingerprint density at radius 2 is 1.83 bits per heavy atom. The van der Waals surface area contributed by atoms with Crippen LogP contribution in [0.25, 0.3) is 0 Å². The molecule has 0 fully saturated rings. The summed E-state index contributed by atoms with van der Waals surface area (Å²) in [6.07, 6.45) is 2.28. The highest BCUT2D eigenvalue weighted by Crippen LogP contribution is 2.40. The Labute approximate surface area is 137 Å². The highest BCUT2D eigenvalue weighted by atomic mass is 19.3. The standard InChI is InChI=1S/C17H15F2N3O2/c1-16(18,19)17(24)11-14(12-5-3-2-4-6-12)21-22(17)15(23)13-7-9-20-10-8-13/h2-10,24H,11H2,1H3/t17-/m0/s1. The van der Waals surface area contributed by atoms with Crippen molar-refractivity contribution < 1.29 is 18.7 Å². The van der Waals surface area contributed by atoms with Gasteiger partial charge in [0.1, 0.15) is 0 Å². The first-order valence-corrected chi connectivity index (χ1v) is 7.30. The fourth-order valence-corrected chi connectivity index (χ4v) is 2.51. The molecule has 0 saturated heterocycles. The molecular weight excluding hydrogens is 316 g/mol. The summed E-state index contributed by atoms with van der Waals surface area (Å²) in [4.78, 5) is 16.4. The van der Waals surface area contributed by atoms with Gasteiger partial charge in [-0.3, -0.25) is 9.78 Å². The van der Waals surface area contributed by atoms with Crippen LogP contribution in [0.4, 0.5) is 8.78 Å². The lowest BCUT2D eigenvalue weighted by Gasteiger charge is -2.35. The van der Waals surface area contributed by atoms with E-state index in [1.165, 1.54) is 24.5 Å². The number of aliphatic hydroxyl groups is 1. The number of hydrogen-bond acceptors (Lipinski definition) is 4. The lowest BCUT2D eigenvalue weighted by Crippen LogP contribution is -2.57. The quantitative estimate of drug-likeness (QED) is 0.940. The first-order valence-electron chi connectivity index (χ1n) is 7.30. The van der Waals surface area contributed by atoms with Crippen molar-refractivity contribution in [2.75, 3.05) is 0 Å². The van der Waals surface area contributed by atoms with Crippen molar-refractivity contribution in [3.05, 3.63) is 66.0 Å². The van der Waals surface area contributed by atoms with Crippen molar-refractivity contribution in [2.45, 2.75) is 25.0 Å². The number of aromatic nitrogens is 1. The van der Waals surface area contributed by atoms with Crippen LogP contribution < -0.4 is 0 Å². The summed E-state index contributed by atoms with van der Waals surface area (Å²) in [5.41, 5.74) is -1.81. The maximum atomic E-state index is 14.1. The maximum absolute atomic E-state index is 14.1. The van der Waals surface area contributed by atoms with Gasteiger partial charge in [-0.2, -0.15) is 10.1 Å². The van der Waals surface area contributed by atoms with Gasteiger partial charge in [-0.25, -0.2) is 8.78 Å². The molecule has 1 atom stereocenters. The highest BCUT2D eigenvalue weighted by Gasteiger charge is 2.59. The Morgan fingerprint density at radius 1 is 1.21 bits per heavy atom. The molecule has 1 aromatic heterocycles. The van der Waals surface area contributed by atoms with E-state index in [2.05, 4.69) is 10.1 Å². The van der Waals surface area contributed by atoms with Gasteiger partial charge < -0.3 is 5.11 Å². The number of benzene rings is 1. The third-order valence-electron chi connectivity index (χ3n) is 3.91. The molecule has 0 unspecified atom stereocenters. The molecule has 0 saturated carbocycles. The number of nitrogens with zero attached hydrogens (tertiary/aromatic N) is 3. The average molecular weight is 331 g/mol. The van der Waals surface area contributed by atoms with Crippen LogP contribution in [0.1, 0.15) is 29.3 Å². The molecule has 1 aliphatic rings.